The Hall–Kier alpha value is -3.16. The summed E-state index contributed by atoms with van der Waals surface area (Å²) in [6.07, 6.45) is 0. The first-order chi connectivity index (χ1) is 13.3. The molecular formula is C20H15ClN2O4S. The number of carboxylic acid groups (broad SMARTS) is 1. The van der Waals surface area contributed by atoms with E-state index >= 15 is 0 Å². The van der Waals surface area contributed by atoms with Crippen LogP contribution in [-0.4, -0.2) is 22.1 Å². The SMILES string of the molecule is Cc1ccc(-c2ccc(C(=O)NC(=S)Nc3ccccc3C(=O)O)o2)cc1Cl. The van der Waals surface area contributed by atoms with Crippen LogP contribution in [0.5, 0.6) is 0 Å². The number of para-hydroxylation sites is 1. The highest BCUT2D eigenvalue weighted by atomic mass is 35.5. The number of rotatable bonds is 4. The van der Waals surface area contributed by atoms with Crippen molar-refractivity contribution in [2.24, 2.45) is 0 Å². The minimum Gasteiger partial charge on any atom is -0.478 e. The van der Waals surface area contributed by atoms with E-state index < -0.39 is 11.9 Å². The van der Waals surface area contributed by atoms with Crippen molar-refractivity contribution in [3.05, 3.63) is 76.5 Å². The molecule has 3 N–H and O–H groups in total. The molecule has 0 aliphatic rings. The number of halogens is 1. The number of carboxylic acids is 1. The van der Waals surface area contributed by atoms with Crippen molar-refractivity contribution in [3.63, 3.8) is 0 Å². The second-order valence-corrected chi connectivity index (χ2v) is 6.70. The fourth-order valence-electron chi connectivity index (χ4n) is 2.46. The van der Waals surface area contributed by atoms with Gasteiger partial charge in [-0.3, -0.25) is 10.1 Å². The van der Waals surface area contributed by atoms with Gasteiger partial charge in [0, 0.05) is 10.6 Å². The average Bonchev–Trinajstić information content (AvgIpc) is 3.14. The van der Waals surface area contributed by atoms with Crippen molar-refractivity contribution in [2.45, 2.75) is 6.92 Å². The molecule has 2 aromatic carbocycles. The van der Waals surface area contributed by atoms with Gasteiger partial charge in [0.05, 0.1) is 11.3 Å². The van der Waals surface area contributed by atoms with Gasteiger partial charge >= 0.3 is 5.97 Å². The highest BCUT2D eigenvalue weighted by molar-refractivity contribution is 7.80. The average molecular weight is 415 g/mol. The number of carbonyl (C=O) groups is 2. The van der Waals surface area contributed by atoms with Crippen LogP contribution >= 0.6 is 23.8 Å². The van der Waals surface area contributed by atoms with E-state index in [0.717, 1.165) is 11.1 Å². The van der Waals surface area contributed by atoms with Crippen LogP contribution in [0.25, 0.3) is 11.3 Å². The van der Waals surface area contributed by atoms with Gasteiger partial charge in [0.15, 0.2) is 10.9 Å². The van der Waals surface area contributed by atoms with Crippen LogP contribution in [-0.2, 0) is 0 Å². The molecule has 1 amide bonds. The van der Waals surface area contributed by atoms with Gasteiger partial charge < -0.3 is 14.8 Å². The molecule has 0 radical (unpaired) electrons. The largest absolute Gasteiger partial charge is 0.478 e. The van der Waals surface area contributed by atoms with E-state index in [4.69, 9.17) is 28.2 Å². The number of hydrogen-bond donors (Lipinski definition) is 3. The Labute approximate surface area is 171 Å². The first kappa shape index (κ1) is 19.6. The van der Waals surface area contributed by atoms with E-state index in [1.807, 2.05) is 19.1 Å². The molecule has 0 aliphatic heterocycles. The minimum atomic E-state index is -1.11. The van der Waals surface area contributed by atoms with Crippen molar-refractivity contribution in [2.75, 3.05) is 5.32 Å². The maximum Gasteiger partial charge on any atom is 0.337 e. The maximum absolute atomic E-state index is 12.4. The van der Waals surface area contributed by atoms with Crippen LogP contribution in [0.1, 0.15) is 26.5 Å². The summed E-state index contributed by atoms with van der Waals surface area (Å²) in [6, 6.07) is 14.9. The molecule has 0 bridgehead atoms. The van der Waals surface area contributed by atoms with E-state index in [2.05, 4.69) is 10.6 Å². The summed E-state index contributed by atoms with van der Waals surface area (Å²) in [5, 5.41) is 14.9. The molecule has 0 atom stereocenters. The quantitative estimate of drug-likeness (QED) is 0.534. The van der Waals surface area contributed by atoms with Crippen LogP contribution in [0.4, 0.5) is 5.69 Å². The molecule has 0 saturated carbocycles. The zero-order valence-electron chi connectivity index (χ0n) is 14.7. The lowest BCUT2D eigenvalue weighted by Crippen LogP contribution is -2.34. The van der Waals surface area contributed by atoms with Crippen LogP contribution in [0.15, 0.2) is 59.0 Å². The van der Waals surface area contributed by atoms with Crippen molar-refractivity contribution in [3.8, 4) is 11.3 Å². The number of thiocarbonyl (C=S) groups is 1. The number of furan rings is 1. The zero-order chi connectivity index (χ0) is 20.3. The standard InChI is InChI=1S/C20H15ClN2O4S/c1-11-6-7-12(10-14(11)21)16-8-9-17(27-16)18(24)23-20(28)22-15-5-3-2-4-13(15)19(25)26/h2-10H,1H3,(H,25,26)(H2,22,23,24,28). The lowest BCUT2D eigenvalue weighted by atomic mass is 10.1. The second-order valence-electron chi connectivity index (χ2n) is 5.89. The topological polar surface area (TPSA) is 91.6 Å². The molecule has 1 aromatic heterocycles. The van der Waals surface area contributed by atoms with E-state index in [1.165, 1.54) is 12.1 Å². The van der Waals surface area contributed by atoms with Crippen molar-refractivity contribution in [1.29, 1.82) is 0 Å². The van der Waals surface area contributed by atoms with E-state index in [0.29, 0.717) is 10.8 Å². The minimum absolute atomic E-state index is 0.0376. The number of nitrogens with one attached hydrogen (secondary N) is 2. The van der Waals surface area contributed by atoms with Gasteiger partial charge in [-0.25, -0.2) is 4.79 Å². The maximum atomic E-state index is 12.4. The van der Waals surface area contributed by atoms with Gasteiger partial charge in [0.2, 0.25) is 0 Å². The number of anilines is 1. The molecule has 3 aromatic rings. The Morgan fingerprint density at radius 2 is 1.86 bits per heavy atom. The van der Waals surface area contributed by atoms with Gasteiger partial charge in [-0.15, -0.1) is 0 Å². The summed E-state index contributed by atoms with van der Waals surface area (Å²) in [5.41, 5.74) is 1.99. The second kappa shape index (κ2) is 8.24. The first-order valence-corrected chi connectivity index (χ1v) is 8.95. The lowest BCUT2D eigenvalue weighted by molar-refractivity contribution is 0.0698. The molecule has 28 heavy (non-hydrogen) atoms. The summed E-state index contributed by atoms with van der Waals surface area (Å²) in [5.74, 6) is -1.12. The molecule has 0 unspecified atom stereocenters. The molecule has 142 valence electrons. The highest BCUT2D eigenvalue weighted by Gasteiger charge is 2.16. The molecule has 3 rings (SSSR count). The third kappa shape index (κ3) is 4.39. The third-order valence-electron chi connectivity index (χ3n) is 3.92. The van der Waals surface area contributed by atoms with Crippen molar-refractivity contribution in [1.82, 2.24) is 5.32 Å². The zero-order valence-corrected chi connectivity index (χ0v) is 16.2. The normalized spacial score (nSPS) is 10.4. The first-order valence-electron chi connectivity index (χ1n) is 8.16. The van der Waals surface area contributed by atoms with Crippen molar-refractivity contribution >= 4 is 46.5 Å². The van der Waals surface area contributed by atoms with Gasteiger partial charge in [-0.2, -0.15) is 0 Å². The van der Waals surface area contributed by atoms with Gasteiger partial charge in [0.25, 0.3) is 5.91 Å². The fraction of sp³-hybridized carbons (Fsp3) is 0.0500. The van der Waals surface area contributed by atoms with Crippen molar-refractivity contribution < 1.29 is 19.1 Å². The number of carbonyl (C=O) groups excluding carboxylic acids is 1. The fourth-order valence-corrected chi connectivity index (χ4v) is 2.84. The van der Waals surface area contributed by atoms with E-state index in [-0.39, 0.29) is 22.1 Å². The Morgan fingerprint density at radius 1 is 1.11 bits per heavy atom. The van der Waals surface area contributed by atoms with Crippen LogP contribution < -0.4 is 10.6 Å². The van der Waals surface area contributed by atoms with Crippen LogP contribution in [0.2, 0.25) is 5.02 Å². The van der Waals surface area contributed by atoms with Gasteiger partial charge in [-0.05, 0) is 55.0 Å². The molecule has 8 heteroatoms. The highest BCUT2D eigenvalue weighted by Crippen LogP contribution is 2.27. The monoisotopic (exact) mass is 414 g/mol. The summed E-state index contributed by atoms with van der Waals surface area (Å²) < 4.78 is 5.59. The summed E-state index contributed by atoms with van der Waals surface area (Å²) >= 11 is 11.2. The number of aromatic carboxylic acids is 1. The summed E-state index contributed by atoms with van der Waals surface area (Å²) in [6.45, 7) is 1.89. The molecule has 0 aliphatic carbocycles. The summed E-state index contributed by atoms with van der Waals surface area (Å²) in [7, 11) is 0. The van der Waals surface area contributed by atoms with Crippen LogP contribution in [0, 0.1) is 6.92 Å². The number of amides is 1. The molecule has 0 saturated heterocycles. The molecule has 0 spiro atoms. The number of aryl methyl sites for hydroxylation is 1. The number of benzene rings is 2. The van der Waals surface area contributed by atoms with Crippen LogP contribution in [0.3, 0.4) is 0 Å². The third-order valence-corrected chi connectivity index (χ3v) is 4.53. The van der Waals surface area contributed by atoms with E-state index in [1.54, 1.807) is 30.3 Å². The smallest absolute Gasteiger partial charge is 0.337 e. The molecule has 0 fully saturated rings. The predicted molar refractivity (Wildman–Crippen MR) is 111 cm³/mol. The number of hydrogen-bond acceptors (Lipinski definition) is 4. The lowest BCUT2D eigenvalue weighted by Gasteiger charge is -2.10. The van der Waals surface area contributed by atoms with E-state index in [9.17, 15) is 14.7 Å². The van der Waals surface area contributed by atoms with Gasteiger partial charge in [-0.1, -0.05) is 35.9 Å². The predicted octanol–water partition coefficient (Wildman–Crippen LogP) is 4.73. The molecular weight excluding hydrogens is 400 g/mol. The molecule has 1 heterocycles. The Kier molecular flexibility index (Phi) is 5.77. The Balaban J connectivity index is 1.70. The summed E-state index contributed by atoms with van der Waals surface area (Å²) in [4.78, 5) is 23.6. The van der Waals surface area contributed by atoms with Gasteiger partial charge in [0.1, 0.15) is 5.76 Å². The molecule has 6 nitrogen and oxygen atoms in total. The Bertz CT molecular complexity index is 1080. The Morgan fingerprint density at radius 3 is 2.57 bits per heavy atom.